The molecule has 0 bridgehead atoms. The zero-order chi connectivity index (χ0) is 22.8. The van der Waals surface area contributed by atoms with Crippen molar-refractivity contribution in [2.45, 2.75) is 13.2 Å². The largest absolute Gasteiger partial charge is 0.489 e. The number of benzene rings is 3. The van der Waals surface area contributed by atoms with Gasteiger partial charge in [-0.2, -0.15) is 0 Å². The second kappa shape index (κ2) is 8.84. The molecule has 0 unspecified atom stereocenters. The van der Waals surface area contributed by atoms with Crippen LogP contribution in [0.4, 0.5) is 0 Å². The Morgan fingerprint density at radius 2 is 1.55 bits per heavy atom. The van der Waals surface area contributed by atoms with Crippen LogP contribution in [0.15, 0.2) is 85.1 Å². The maximum atomic E-state index is 12.6. The quantitative estimate of drug-likeness (QED) is 0.375. The van der Waals surface area contributed by atoms with Crippen LogP contribution in [0.25, 0.3) is 11.3 Å². The number of carbonyl (C=O) groups is 2. The first-order chi connectivity index (χ1) is 16.1. The molecule has 0 spiro atoms. The van der Waals surface area contributed by atoms with E-state index in [1.807, 2.05) is 54.6 Å². The van der Waals surface area contributed by atoms with Gasteiger partial charge in [0.05, 0.1) is 35.3 Å². The highest BCUT2D eigenvalue weighted by molar-refractivity contribution is 6.30. The summed E-state index contributed by atoms with van der Waals surface area (Å²) < 4.78 is 5.89. The fraction of sp³-hybridized carbons (Fsp3) is 0.0769. The number of ether oxygens (including phenoxy) is 1. The van der Waals surface area contributed by atoms with Gasteiger partial charge in [-0.3, -0.25) is 19.5 Å². The lowest BCUT2D eigenvalue weighted by Crippen LogP contribution is -2.29. The van der Waals surface area contributed by atoms with E-state index in [0.717, 1.165) is 16.0 Å². The molecular weight excluding hydrogens is 438 g/mol. The maximum Gasteiger partial charge on any atom is 0.261 e. The number of halogens is 1. The van der Waals surface area contributed by atoms with Crippen LogP contribution in [0.5, 0.6) is 5.75 Å². The van der Waals surface area contributed by atoms with Crippen LogP contribution in [0.1, 0.15) is 32.0 Å². The van der Waals surface area contributed by atoms with Gasteiger partial charge in [0.25, 0.3) is 11.8 Å². The topological polar surface area (TPSA) is 72.4 Å². The van der Waals surface area contributed by atoms with E-state index >= 15 is 0 Å². The highest BCUT2D eigenvalue weighted by Crippen LogP contribution is 2.28. The number of hydrogen-bond acceptors (Lipinski definition) is 5. The summed E-state index contributed by atoms with van der Waals surface area (Å²) in [7, 11) is 0. The number of imide groups is 1. The molecule has 33 heavy (non-hydrogen) atoms. The maximum absolute atomic E-state index is 12.6. The Kier molecular flexibility index (Phi) is 5.59. The lowest BCUT2D eigenvalue weighted by molar-refractivity contribution is 0.0640. The van der Waals surface area contributed by atoms with Crippen LogP contribution in [-0.2, 0) is 13.2 Å². The third kappa shape index (κ3) is 4.21. The highest BCUT2D eigenvalue weighted by Gasteiger charge is 2.35. The first-order valence-electron chi connectivity index (χ1n) is 10.3. The Bertz CT molecular complexity index is 1320. The van der Waals surface area contributed by atoms with Crippen molar-refractivity contribution in [2.24, 2.45) is 0 Å². The molecule has 3 aromatic carbocycles. The molecule has 4 aromatic rings. The number of hydrogen-bond donors (Lipinski definition) is 0. The van der Waals surface area contributed by atoms with Gasteiger partial charge in [0.15, 0.2) is 5.15 Å². The van der Waals surface area contributed by atoms with Gasteiger partial charge in [0, 0.05) is 5.56 Å². The van der Waals surface area contributed by atoms with E-state index in [2.05, 4.69) is 9.97 Å². The highest BCUT2D eigenvalue weighted by atomic mass is 35.5. The SMILES string of the molecule is O=C1c2ccccc2C(=O)N1Cc1ncc(-c2cccc(OCc3ccccc3)c2)nc1Cl. The predicted molar refractivity (Wildman–Crippen MR) is 124 cm³/mol. The van der Waals surface area contributed by atoms with Crippen molar-refractivity contribution in [2.75, 3.05) is 0 Å². The normalized spacial score (nSPS) is 12.7. The van der Waals surface area contributed by atoms with Crippen LogP contribution in [0, 0.1) is 0 Å². The molecule has 1 aromatic heterocycles. The average molecular weight is 456 g/mol. The average Bonchev–Trinajstić information content (AvgIpc) is 3.10. The minimum atomic E-state index is -0.360. The molecule has 0 N–H and O–H groups in total. The molecule has 0 atom stereocenters. The monoisotopic (exact) mass is 455 g/mol. The van der Waals surface area contributed by atoms with Crippen molar-refractivity contribution in [3.63, 3.8) is 0 Å². The predicted octanol–water partition coefficient (Wildman–Crippen LogP) is 5.17. The van der Waals surface area contributed by atoms with Crippen LogP contribution in [0.2, 0.25) is 5.15 Å². The molecule has 0 saturated heterocycles. The minimum Gasteiger partial charge on any atom is -0.489 e. The fourth-order valence-electron chi connectivity index (χ4n) is 3.66. The molecule has 0 aliphatic carbocycles. The summed E-state index contributed by atoms with van der Waals surface area (Å²) in [5, 5.41) is 0.139. The molecule has 0 radical (unpaired) electrons. The van der Waals surface area contributed by atoms with Gasteiger partial charge in [0.1, 0.15) is 12.4 Å². The second-order valence-electron chi connectivity index (χ2n) is 7.54. The van der Waals surface area contributed by atoms with E-state index in [-0.39, 0.29) is 23.5 Å². The Morgan fingerprint density at radius 3 is 2.24 bits per heavy atom. The fourth-order valence-corrected chi connectivity index (χ4v) is 3.85. The van der Waals surface area contributed by atoms with E-state index in [1.54, 1.807) is 30.5 Å². The van der Waals surface area contributed by atoms with Gasteiger partial charge in [-0.05, 0) is 29.8 Å². The van der Waals surface area contributed by atoms with E-state index < -0.39 is 0 Å². The lowest BCUT2D eigenvalue weighted by atomic mass is 10.1. The summed E-state index contributed by atoms with van der Waals surface area (Å²) in [5.41, 5.74) is 3.55. The molecule has 1 aliphatic heterocycles. The molecule has 2 amide bonds. The molecule has 7 heteroatoms. The van der Waals surface area contributed by atoms with Gasteiger partial charge in [0.2, 0.25) is 0 Å². The first-order valence-corrected chi connectivity index (χ1v) is 10.7. The van der Waals surface area contributed by atoms with E-state index in [4.69, 9.17) is 16.3 Å². The zero-order valence-corrected chi connectivity index (χ0v) is 18.2. The number of rotatable bonds is 6. The van der Waals surface area contributed by atoms with Gasteiger partial charge in [-0.15, -0.1) is 0 Å². The van der Waals surface area contributed by atoms with Gasteiger partial charge in [-0.25, -0.2) is 4.98 Å². The summed E-state index contributed by atoms with van der Waals surface area (Å²) in [6.07, 6.45) is 1.58. The summed E-state index contributed by atoms with van der Waals surface area (Å²) in [4.78, 5) is 35.2. The standard InChI is InChI=1S/C26H18ClN3O3/c27-24-23(15-30-25(31)20-11-4-5-12-21(20)26(30)32)28-14-22(29-24)18-9-6-10-19(13-18)33-16-17-7-2-1-3-8-17/h1-14H,15-16H2. The summed E-state index contributed by atoms with van der Waals surface area (Å²) in [6, 6.07) is 24.1. The van der Waals surface area contributed by atoms with Gasteiger partial charge in [-0.1, -0.05) is 66.2 Å². The molecular formula is C26H18ClN3O3. The number of amides is 2. The van der Waals surface area contributed by atoms with E-state index in [9.17, 15) is 9.59 Å². The van der Waals surface area contributed by atoms with Gasteiger partial charge >= 0.3 is 0 Å². The lowest BCUT2D eigenvalue weighted by Gasteiger charge is -2.14. The van der Waals surface area contributed by atoms with Crippen LogP contribution in [0.3, 0.4) is 0 Å². The number of carbonyl (C=O) groups excluding carboxylic acids is 2. The van der Waals surface area contributed by atoms with E-state index in [0.29, 0.717) is 34.9 Å². The Balaban J connectivity index is 1.32. The molecule has 5 rings (SSSR count). The minimum absolute atomic E-state index is 0.0430. The molecule has 6 nitrogen and oxygen atoms in total. The molecule has 0 fully saturated rings. The second-order valence-corrected chi connectivity index (χ2v) is 7.89. The first kappa shape index (κ1) is 20.8. The van der Waals surface area contributed by atoms with Crippen molar-refractivity contribution in [1.29, 1.82) is 0 Å². The smallest absolute Gasteiger partial charge is 0.261 e. The Morgan fingerprint density at radius 1 is 0.848 bits per heavy atom. The third-order valence-corrected chi connectivity index (χ3v) is 5.67. The third-order valence-electron chi connectivity index (χ3n) is 5.36. The molecule has 1 aliphatic rings. The molecule has 2 heterocycles. The molecule has 162 valence electrons. The Labute approximate surface area is 195 Å². The van der Waals surface area contributed by atoms with Crippen LogP contribution < -0.4 is 4.74 Å². The van der Waals surface area contributed by atoms with Gasteiger partial charge < -0.3 is 4.74 Å². The van der Waals surface area contributed by atoms with Crippen LogP contribution >= 0.6 is 11.6 Å². The summed E-state index contributed by atoms with van der Waals surface area (Å²) in [6.45, 7) is 0.411. The Hall–Kier alpha value is -4.03. The van der Waals surface area contributed by atoms with Crippen LogP contribution in [-0.4, -0.2) is 26.7 Å². The van der Waals surface area contributed by atoms with Crippen molar-refractivity contribution in [1.82, 2.24) is 14.9 Å². The van der Waals surface area contributed by atoms with Crippen molar-refractivity contribution in [3.8, 4) is 17.0 Å². The summed E-state index contributed by atoms with van der Waals surface area (Å²) >= 11 is 6.39. The number of fused-ring (bicyclic) bond motifs is 1. The van der Waals surface area contributed by atoms with Crippen molar-refractivity contribution >= 4 is 23.4 Å². The van der Waals surface area contributed by atoms with Crippen molar-refractivity contribution < 1.29 is 14.3 Å². The summed E-state index contributed by atoms with van der Waals surface area (Å²) in [5.74, 6) is -0.0222. The molecule has 0 saturated carbocycles. The zero-order valence-electron chi connectivity index (χ0n) is 17.4. The van der Waals surface area contributed by atoms with E-state index in [1.165, 1.54) is 0 Å². The number of aromatic nitrogens is 2. The van der Waals surface area contributed by atoms with Crippen molar-refractivity contribution in [3.05, 3.63) is 113 Å². The number of nitrogens with zero attached hydrogens (tertiary/aromatic N) is 3.